The maximum absolute atomic E-state index is 12.5. The van der Waals surface area contributed by atoms with Crippen LogP contribution in [0.15, 0.2) is 53.4 Å². The minimum absolute atomic E-state index is 0.0101. The number of nitrogens with zero attached hydrogens (tertiary/aromatic N) is 1. The van der Waals surface area contributed by atoms with E-state index in [2.05, 4.69) is 16.0 Å². The fraction of sp³-hybridized carbons (Fsp3) is 0.391. The van der Waals surface area contributed by atoms with Crippen LogP contribution in [-0.2, 0) is 19.6 Å². The number of carbonyl (C=O) groups is 2. The third-order valence-corrected chi connectivity index (χ3v) is 6.80. The van der Waals surface area contributed by atoms with Crippen molar-refractivity contribution in [1.82, 2.24) is 4.31 Å². The smallest absolute Gasteiger partial charge is 0.243 e. The van der Waals surface area contributed by atoms with Crippen LogP contribution in [0.4, 0.5) is 17.1 Å². The number of anilines is 3. The number of sulfonamides is 1. The van der Waals surface area contributed by atoms with Crippen LogP contribution >= 0.6 is 0 Å². The molecule has 32 heavy (non-hydrogen) atoms. The van der Waals surface area contributed by atoms with Gasteiger partial charge in [0.25, 0.3) is 0 Å². The highest BCUT2D eigenvalue weighted by Crippen LogP contribution is 2.20. The fourth-order valence-electron chi connectivity index (χ4n) is 2.84. The average Bonchev–Trinajstić information content (AvgIpc) is 2.73. The molecule has 0 aromatic heterocycles. The molecule has 0 aliphatic rings. The van der Waals surface area contributed by atoms with E-state index in [0.29, 0.717) is 30.2 Å². The molecule has 0 unspecified atom stereocenters. The molecule has 0 aliphatic heterocycles. The molecule has 2 aromatic rings. The second-order valence-corrected chi connectivity index (χ2v) is 10.2. The van der Waals surface area contributed by atoms with Crippen molar-refractivity contribution in [3.05, 3.63) is 48.5 Å². The molecule has 3 N–H and O–H groups in total. The van der Waals surface area contributed by atoms with Crippen LogP contribution in [0, 0.1) is 5.41 Å². The zero-order valence-electron chi connectivity index (χ0n) is 19.2. The molecule has 0 aliphatic carbocycles. The van der Waals surface area contributed by atoms with Crippen LogP contribution in [0.1, 0.15) is 34.6 Å². The van der Waals surface area contributed by atoms with Crippen molar-refractivity contribution in [1.29, 1.82) is 0 Å². The predicted octanol–water partition coefficient (Wildman–Crippen LogP) is 3.75. The van der Waals surface area contributed by atoms with E-state index >= 15 is 0 Å². The standard InChI is InChI=1S/C23H32N4O4S/c1-6-27(7-2)32(30,31)20-13-11-17(12-14-20)25-21(28)16-24-18-9-8-10-19(15-18)26-22(29)23(3,4)5/h8-15,24H,6-7,16H2,1-5H3,(H,25,28)(H,26,29). The first-order chi connectivity index (χ1) is 15.0. The minimum atomic E-state index is -3.54. The van der Waals surface area contributed by atoms with Gasteiger partial charge in [0.05, 0.1) is 11.4 Å². The van der Waals surface area contributed by atoms with Crippen molar-refractivity contribution in [3.63, 3.8) is 0 Å². The Bertz CT molecular complexity index is 1040. The molecule has 174 valence electrons. The average molecular weight is 461 g/mol. The topological polar surface area (TPSA) is 108 Å². The van der Waals surface area contributed by atoms with Crippen LogP contribution < -0.4 is 16.0 Å². The van der Waals surface area contributed by atoms with Crippen LogP contribution in [0.2, 0.25) is 0 Å². The Kier molecular flexibility index (Phi) is 8.40. The highest BCUT2D eigenvalue weighted by Gasteiger charge is 2.22. The molecular weight excluding hydrogens is 428 g/mol. The first-order valence-corrected chi connectivity index (χ1v) is 12.0. The molecule has 8 nitrogen and oxygen atoms in total. The Balaban J connectivity index is 1.95. The summed E-state index contributed by atoms with van der Waals surface area (Å²) in [6.07, 6.45) is 0. The lowest BCUT2D eigenvalue weighted by Crippen LogP contribution is -2.30. The number of nitrogens with one attached hydrogen (secondary N) is 3. The van der Waals surface area contributed by atoms with Gasteiger partial charge < -0.3 is 16.0 Å². The van der Waals surface area contributed by atoms with Crippen molar-refractivity contribution >= 4 is 38.9 Å². The van der Waals surface area contributed by atoms with Gasteiger partial charge in [-0.05, 0) is 42.5 Å². The van der Waals surface area contributed by atoms with Gasteiger partial charge in [-0.25, -0.2) is 8.42 Å². The van der Waals surface area contributed by atoms with Gasteiger partial charge in [-0.1, -0.05) is 40.7 Å². The second-order valence-electron chi connectivity index (χ2n) is 8.30. The molecule has 0 atom stereocenters. The van der Waals surface area contributed by atoms with Gasteiger partial charge in [-0.2, -0.15) is 4.31 Å². The molecule has 0 spiro atoms. The Hall–Kier alpha value is -2.91. The number of benzene rings is 2. The summed E-state index contributed by atoms with van der Waals surface area (Å²) in [6.45, 7) is 9.87. The van der Waals surface area contributed by atoms with Crippen molar-refractivity contribution in [2.45, 2.75) is 39.5 Å². The molecule has 9 heteroatoms. The zero-order chi connectivity index (χ0) is 23.9. The third-order valence-electron chi connectivity index (χ3n) is 4.74. The monoisotopic (exact) mass is 460 g/mol. The SMILES string of the molecule is CCN(CC)S(=O)(=O)c1ccc(NC(=O)CNc2cccc(NC(=O)C(C)(C)C)c2)cc1. The lowest BCUT2D eigenvalue weighted by Gasteiger charge is -2.18. The highest BCUT2D eigenvalue weighted by atomic mass is 32.2. The summed E-state index contributed by atoms with van der Waals surface area (Å²) in [5.74, 6) is -0.382. The van der Waals surface area contributed by atoms with Gasteiger partial charge in [-0.3, -0.25) is 9.59 Å². The van der Waals surface area contributed by atoms with Crippen molar-refractivity contribution in [3.8, 4) is 0 Å². The van der Waals surface area contributed by atoms with E-state index in [1.807, 2.05) is 20.8 Å². The quantitative estimate of drug-likeness (QED) is 0.528. The van der Waals surface area contributed by atoms with E-state index in [1.54, 1.807) is 50.2 Å². The molecule has 0 heterocycles. The zero-order valence-corrected chi connectivity index (χ0v) is 20.0. The molecule has 2 amide bonds. The maximum atomic E-state index is 12.5. The molecule has 0 saturated heterocycles. The number of carbonyl (C=O) groups excluding carboxylic acids is 2. The Morgan fingerprint density at radius 3 is 2.03 bits per heavy atom. The van der Waals surface area contributed by atoms with Gasteiger partial charge in [-0.15, -0.1) is 0 Å². The van der Waals surface area contributed by atoms with Gasteiger partial charge in [0, 0.05) is 35.6 Å². The van der Waals surface area contributed by atoms with Crippen molar-refractivity contribution in [2.24, 2.45) is 5.41 Å². The number of amides is 2. The maximum Gasteiger partial charge on any atom is 0.243 e. The Morgan fingerprint density at radius 1 is 0.875 bits per heavy atom. The number of hydrogen-bond acceptors (Lipinski definition) is 5. The summed E-state index contributed by atoms with van der Waals surface area (Å²) in [4.78, 5) is 24.6. The summed E-state index contributed by atoms with van der Waals surface area (Å²) in [6, 6.07) is 13.2. The first-order valence-electron chi connectivity index (χ1n) is 10.5. The molecule has 0 radical (unpaired) electrons. The number of rotatable bonds is 9. The van der Waals surface area contributed by atoms with Crippen LogP contribution in [-0.4, -0.2) is 44.2 Å². The van der Waals surface area contributed by atoms with Crippen LogP contribution in [0.3, 0.4) is 0 Å². The highest BCUT2D eigenvalue weighted by molar-refractivity contribution is 7.89. The lowest BCUT2D eigenvalue weighted by atomic mass is 9.95. The summed E-state index contributed by atoms with van der Waals surface area (Å²) in [7, 11) is -3.54. The van der Waals surface area contributed by atoms with E-state index in [-0.39, 0.29) is 23.3 Å². The normalized spacial score (nSPS) is 11.8. The number of hydrogen-bond donors (Lipinski definition) is 3. The van der Waals surface area contributed by atoms with E-state index < -0.39 is 15.4 Å². The van der Waals surface area contributed by atoms with Crippen molar-refractivity contribution < 1.29 is 18.0 Å². The molecular formula is C23H32N4O4S. The Morgan fingerprint density at radius 2 is 1.47 bits per heavy atom. The van der Waals surface area contributed by atoms with Gasteiger partial charge in [0.2, 0.25) is 21.8 Å². The summed E-state index contributed by atoms with van der Waals surface area (Å²) in [5, 5.41) is 8.60. The minimum Gasteiger partial charge on any atom is -0.376 e. The van der Waals surface area contributed by atoms with Gasteiger partial charge in [0.1, 0.15) is 0 Å². The first kappa shape index (κ1) is 25.4. The molecule has 2 rings (SSSR count). The summed E-state index contributed by atoms with van der Waals surface area (Å²) < 4.78 is 26.5. The van der Waals surface area contributed by atoms with Gasteiger partial charge >= 0.3 is 0 Å². The lowest BCUT2D eigenvalue weighted by molar-refractivity contribution is -0.123. The Labute approximate surface area is 190 Å². The van der Waals surface area contributed by atoms with E-state index in [4.69, 9.17) is 0 Å². The van der Waals surface area contributed by atoms with E-state index in [0.717, 1.165) is 0 Å². The summed E-state index contributed by atoms with van der Waals surface area (Å²) in [5.41, 5.74) is 1.32. The van der Waals surface area contributed by atoms with E-state index in [9.17, 15) is 18.0 Å². The summed E-state index contributed by atoms with van der Waals surface area (Å²) >= 11 is 0. The molecule has 0 bridgehead atoms. The molecule has 0 fully saturated rings. The predicted molar refractivity (Wildman–Crippen MR) is 128 cm³/mol. The van der Waals surface area contributed by atoms with Crippen LogP contribution in [0.5, 0.6) is 0 Å². The van der Waals surface area contributed by atoms with Gasteiger partial charge in [0.15, 0.2) is 0 Å². The molecule has 0 saturated carbocycles. The van der Waals surface area contributed by atoms with Crippen molar-refractivity contribution in [2.75, 3.05) is 35.6 Å². The molecule has 2 aromatic carbocycles. The fourth-order valence-corrected chi connectivity index (χ4v) is 4.29. The largest absolute Gasteiger partial charge is 0.376 e. The second kappa shape index (κ2) is 10.6. The third kappa shape index (κ3) is 6.80. The van der Waals surface area contributed by atoms with Crippen LogP contribution in [0.25, 0.3) is 0 Å². The van der Waals surface area contributed by atoms with E-state index in [1.165, 1.54) is 16.4 Å².